The van der Waals surface area contributed by atoms with E-state index in [0.717, 1.165) is 5.56 Å². The normalized spacial score (nSPS) is 11.7. The maximum absolute atomic E-state index is 13.3. The van der Waals surface area contributed by atoms with Crippen LogP contribution in [0.4, 0.5) is 10.5 Å². The third-order valence-corrected chi connectivity index (χ3v) is 7.04. The fourth-order valence-corrected chi connectivity index (χ4v) is 5.18. The van der Waals surface area contributed by atoms with E-state index in [2.05, 4.69) is 10.3 Å². The Hall–Kier alpha value is -3.13. The first-order valence-electron chi connectivity index (χ1n) is 11.5. The van der Waals surface area contributed by atoms with E-state index < -0.39 is 9.84 Å². The molecule has 0 spiro atoms. The largest absolute Gasteiger partial charge is 0.322 e. The number of amides is 2. The molecule has 0 aliphatic rings. The standard InChI is InChI=1S/C26H34N4O3S/c1-19(2)16-30-24(15-27-26(30)34(32,33)18-22-9-7-6-8-10-22)17-29(20(3)4)25(31)28-23-13-11-21(5)12-14-23/h6-15,19-20H,16-18H2,1-5H3,(H,28,31). The Bertz CT molecular complexity index is 1200. The number of benzene rings is 2. The number of imidazole rings is 1. The third-order valence-electron chi connectivity index (χ3n) is 5.45. The molecule has 0 radical (unpaired) electrons. The van der Waals surface area contributed by atoms with E-state index in [1.165, 1.54) is 0 Å². The van der Waals surface area contributed by atoms with E-state index in [9.17, 15) is 13.2 Å². The Morgan fingerprint density at radius 1 is 1.03 bits per heavy atom. The van der Waals surface area contributed by atoms with Crippen LogP contribution in [0.5, 0.6) is 0 Å². The summed E-state index contributed by atoms with van der Waals surface area (Å²) in [4.78, 5) is 19.1. The summed E-state index contributed by atoms with van der Waals surface area (Å²) >= 11 is 0. The number of hydrogen-bond donors (Lipinski definition) is 1. The molecule has 1 N–H and O–H groups in total. The minimum absolute atomic E-state index is 0.0442. The van der Waals surface area contributed by atoms with Gasteiger partial charge in [0.2, 0.25) is 15.0 Å². The lowest BCUT2D eigenvalue weighted by molar-refractivity contribution is 0.191. The highest BCUT2D eigenvalue weighted by molar-refractivity contribution is 7.90. The van der Waals surface area contributed by atoms with Crippen LogP contribution in [0, 0.1) is 12.8 Å². The quantitative estimate of drug-likeness (QED) is 0.451. The zero-order chi connectivity index (χ0) is 24.9. The van der Waals surface area contributed by atoms with Crippen molar-refractivity contribution in [3.8, 4) is 0 Å². The average Bonchev–Trinajstić information content (AvgIpc) is 3.16. The molecule has 7 nitrogen and oxygen atoms in total. The summed E-state index contributed by atoms with van der Waals surface area (Å²) in [6.45, 7) is 10.7. The van der Waals surface area contributed by atoms with Gasteiger partial charge in [0.15, 0.2) is 0 Å². The molecular formula is C26H34N4O3S. The minimum atomic E-state index is -3.66. The van der Waals surface area contributed by atoms with Gasteiger partial charge in [-0.3, -0.25) is 0 Å². The molecule has 0 saturated heterocycles. The molecule has 1 heterocycles. The number of hydrogen-bond acceptors (Lipinski definition) is 4. The van der Waals surface area contributed by atoms with Gasteiger partial charge >= 0.3 is 6.03 Å². The lowest BCUT2D eigenvalue weighted by Crippen LogP contribution is -2.40. The number of anilines is 1. The van der Waals surface area contributed by atoms with Crippen LogP contribution in [0.15, 0.2) is 66.0 Å². The molecular weight excluding hydrogens is 448 g/mol. The van der Waals surface area contributed by atoms with Gasteiger partial charge in [-0.25, -0.2) is 18.2 Å². The second-order valence-corrected chi connectivity index (χ2v) is 11.2. The van der Waals surface area contributed by atoms with Gasteiger partial charge in [0.25, 0.3) is 0 Å². The lowest BCUT2D eigenvalue weighted by atomic mass is 10.2. The van der Waals surface area contributed by atoms with Crippen molar-refractivity contribution in [2.75, 3.05) is 5.32 Å². The first-order chi connectivity index (χ1) is 16.1. The van der Waals surface area contributed by atoms with Gasteiger partial charge in [0, 0.05) is 18.3 Å². The number of aryl methyl sites for hydroxylation is 1. The number of urea groups is 1. The van der Waals surface area contributed by atoms with Crippen LogP contribution < -0.4 is 5.32 Å². The molecule has 2 aromatic carbocycles. The number of nitrogens with zero attached hydrogens (tertiary/aromatic N) is 3. The molecule has 2 amide bonds. The molecule has 0 aliphatic carbocycles. The second kappa shape index (κ2) is 10.9. The Kier molecular flexibility index (Phi) is 8.15. The van der Waals surface area contributed by atoms with Gasteiger partial charge in [-0.15, -0.1) is 0 Å². The fourth-order valence-electron chi connectivity index (χ4n) is 3.68. The third kappa shape index (κ3) is 6.47. The molecule has 0 aliphatic heterocycles. The monoisotopic (exact) mass is 482 g/mol. The molecule has 3 aromatic rings. The van der Waals surface area contributed by atoms with Gasteiger partial charge in [0.05, 0.1) is 24.2 Å². The highest BCUT2D eigenvalue weighted by Crippen LogP contribution is 2.21. The second-order valence-electron chi connectivity index (χ2n) is 9.30. The van der Waals surface area contributed by atoms with Gasteiger partial charge in [-0.05, 0) is 44.4 Å². The van der Waals surface area contributed by atoms with Crippen LogP contribution in [-0.2, 0) is 28.7 Å². The SMILES string of the molecule is Cc1ccc(NC(=O)N(Cc2cnc(S(=O)(=O)Cc3ccccc3)n2CC(C)C)C(C)C)cc1. The zero-order valence-electron chi connectivity index (χ0n) is 20.5. The average molecular weight is 483 g/mol. The Balaban J connectivity index is 1.89. The number of rotatable bonds is 9. The fraction of sp³-hybridized carbons (Fsp3) is 0.385. The maximum Gasteiger partial charge on any atom is 0.322 e. The Labute approximate surface area is 202 Å². The van der Waals surface area contributed by atoms with Crippen molar-refractivity contribution in [2.45, 2.75) is 64.7 Å². The predicted octanol–water partition coefficient (Wildman–Crippen LogP) is 5.26. The summed E-state index contributed by atoms with van der Waals surface area (Å²) in [5.41, 5.74) is 3.22. The lowest BCUT2D eigenvalue weighted by Gasteiger charge is -2.28. The number of carbonyl (C=O) groups is 1. The minimum Gasteiger partial charge on any atom is -0.317 e. The van der Waals surface area contributed by atoms with E-state index in [-0.39, 0.29) is 35.4 Å². The van der Waals surface area contributed by atoms with Crippen molar-refractivity contribution in [1.82, 2.24) is 14.5 Å². The summed E-state index contributed by atoms with van der Waals surface area (Å²) in [5.74, 6) is 0.0806. The van der Waals surface area contributed by atoms with Crippen LogP contribution >= 0.6 is 0 Å². The summed E-state index contributed by atoms with van der Waals surface area (Å²) in [5, 5.41) is 2.98. The predicted molar refractivity (Wildman–Crippen MR) is 135 cm³/mol. The maximum atomic E-state index is 13.3. The molecule has 182 valence electrons. The molecule has 0 saturated carbocycles. The van der Waals surface area contributed by atoms with E-state index in [1.54, 1.807) is 27.8 Å². The van der Waals surface area contributed by atoms with Crippen LogP contribution in [0.25, 0.3) is 0 Å². The number of sulfone groups is 1. The van der Waals surface area contributed by atoms with Gasteiger partial charge < -0.3 is 14.8 Å². The zero-order valence-corrected chi connectivity index (χ0v) is 21.3. The van der Waals surface area contributed by atoms with Crippen molar-refractivity contribution in [1.29, 1.82) is 0 Å². The van der Waals surface area contributed by atoms with Crippen molar-refractivity contribution >= 4 is 21.6 Å². The van der Waals surface area contributed by atoms with E-state index in [4.69, 9.17) is 0 Å². The molecule has 0 fully saturated rings. The van der Waals surface area contributed by atoms with Gasteiger partial charge in [-0.2, -0.15) is 0 Å². The molecule has 0 bridgehead atoms. The smallest absolute Gasteiger partial charge is 0.317 e. The van der Waals surface area contributed by atoms with Crippen LogP contribution in [0.2, 0.25) is 0 Å². The highest BCUT2D eigenvalue weighted by Gasteiger charge is 2.27. The van der Waals surface area contributed by atoms with Crippen molar-refractivity contribution < 1.29 is 13.2 Å². The number of aromatic nitrogens is 2. The first-order valence-corrected chi connectivity index (χ1v) is 13.2. The first kappa shape index (κ1) is 25.5. The van der Waals surface area contributed by atoms with Crippen molar-refractivity contribution in [3.63, 3.8) is 0 Å². The molecule has 1 aromatic heterocycles. The topological polar surface area (TPSA) is 84.3 Å². The summed E-state index contributed by atoms with van der Waals surface area (Å²) < 4.78 is 28.3. The van der Waals surface area contributed by atoms with Crippen molar-refractivity contribution in [3.05, 3.63) is 77.6 Å². The highest BCUT2D eigenvalue weighted by atomic mass is 32.2. The van der Waals surface area contributed by atoms with Crippen LogP contribution in [0.3, 0.4) is 0 Å². The van der Waals surface area contributed by atoms with E-state index >= 15 is 0 Å². The van der Waals surface area contributed by atoms with E-state index in [1.807, 2.05) is 77.1 Å². The van der Waals surface area contributed by atoms with Crippen LogP contribution in [0.1, 0.15) is 44.5 Å². The number of carbonyl (C=O) groups excluding carboxylic acids is 1. The summed E-state index contributed by atoms with van der Waals surface area (Å²) in [6.07, 6.45) is 1.58. The van der Waals surface area contributed by atoms with Crippen molar-refractivity contribution in [2.24, 2.45) is 5.92 Å². The molecule has 34 heavy (non-hydrogen) atoms. The van der Waals surface area contributed by atoms with Crippen LogP contribution in [-0.4, -0.2) is 34.9 Å². The molecule has 0 unspecified atom stereocenters. The summed E-state index contributed by atoms with van der Waals surface area (Å²) in [7, 11) is -3.66. The van der Waals surface area contributed by atoms with E-state index in [0.29, 0.717) is 23.5 Å². The Morgan fingerprint density at radius 2 is 1.68 bits per heavy atom. The molecule has 0 atom stereocenters. The van der Waals surface area contributed by atoms with Gasteiger partial charge in [0.1, 0.15) is 0 Å². The molecule has 3 rings (SSSR count). The summed E-state index contributed by atoms with van der Waals surface area (Å²) in [6, 6.07) is 16.4. The number of nitrogens with one attached hydrogen (secondary N) is 1. The van der Waals surface area contributed by atoms with Gasteiger partial charge in [-0.1, -0.05) is 61.9 Å². The Morgan fingerprint density at radius 3 is 2.26 bits per heavy atom. The molecule has 8 heteroatoms.